The zero-order chi connectivity index (χ0) is 20.9. The molecule has 0 fully saturated rings. The highest BCUT2D eigenvalue weighted by Gasteiger charge is 2.52. The molecular weight excluding hydrogens is 372 g/mol. The Bertz CT molecular complexity index is 933. The quantitative estimate of drug-likeness (QED) is 0.415. The topological polar surface area (TPSA) is 26.3 Å². The Kier molecular flexibility index (Phi) is 6.19. The van der Waals surface area contributed by atoms with Crippen molar-refractivity contribution in [2.45, 2.75) is 32.2 Å². The van der Waals surface area contributed by atoms with Crippen molar-refractivity contribution in [1.29, 1.82) is 0 Å². The van der Waals surface area contributed by atoms with Crippen LogP contribution in [0, 0.1) is 0 Å². The van der Waals surface area contributed by atoms with Gasteiger partial charge in [-0.3, -0.25) is 4.79 Å². The van der Waals surface area contributed by atoms with Gasteiger partial charge in [0.25, 0.3) is 0 Å². The molecule has 0 saturated heterocycles. The van der Waals surface area contributed by atoms with E-state index in [9.17, 15) is 4.79 Å². The van der Waals surface area contributed by atoms with Gasteiger partial charge < -0.3 is 4.43 Å². The maximum Gasteiger partial charge on any atom is 0.319 e. The van der Waals surface area contributed by atoms with Crippen LogP contribution in [0.1, 0.15) is 26.3 Å². The van der Waals surface area contributed by atoms with Gasteiger partial charge in [-0.2, -0.15) is 0 Å². The summed E-state index contributed by atoms with van der Waals surface area (Å²) in [5, 5.41) is 2.35. The predicted octanol–water partition coefficient (Wildman–Crippen LogP) is 4.92. The lowest BCUT2D eigenvalue weighted by Crippen LogP contribution is -2.68. The zero-order valence-corrected chi connectivity index (χ0v) is 18.4. The third-order valence-electron chi connectivity index (χ3n) is 5.19. The van der Waals surface area contributed by atoms with Crippen LogP contribution in [0.2, 0.25) is 5.04 Å². The number of allylic oxidation sites excluding steroid dienone is 1. The van der Waals surface area contributed by atoms with Gasteiger partial charge in [-0.05, 0) is 39.2 Å². The van der Waals surface area contributed by atoms with Crippen molar-refractivity contribution in [3.63, 3.8) is 0 Å². The highest BCUT2D eigenvalue weighted by atomic mass is 28.4. The molecule has 0 saturated carbocycles. The van der Waals surface area contributed by atoms with Gasteiger partial charge in [0.1, 0.15) is 5.75 Å². The highest BCUT2D eigenvalue weighted by Crippen LogP contribution is 2.37. The van der Waals surface area contributed by atoms with E-state index in [1.807, 2.05) is 36.4 Å². The second-order valence-electron chi connectivity index (χ2n) is 8.26. The summed E-state index contributed by atoms with van der Waals surface area (Å²) in [6.45, 7) is 10.3. The van der Waals surface area contributed by atoms with Crippen molar-refractivity contribution < 1.29 is 9.22 Å². The number of hydrogen-bond acceptors (Lipinski definition) is 2. The molecule has 0 aliphatic carbocycles. The first-order chi connectivity index (χ1) is 13.9. The molecule has 0 radical (unpaired) electrons. The average Bonchev–Trinajstić information content (AvgIpc) is 2.72. The van der Waals surface area contributed by atoms with Gasteiger partial charge in [0.2, 0.25) is 0 Å². The van der Waals surface area contributed by atoms with Crippen molar-refractivity contribution in [3.05, 3.63) is 103 Å². The molecule has 0 bridgehead atoms. The van der Waals surface area contributed by atoms with Crippen LogP contribution in [0.25, 0.3) is 0 Å². The lowest BCUT2D eigenvalue weighted by Gasteiger charge is -2.43. The van der Waals surface area contributed by atoms with Crippen LogP contribution >= 0.6 is 0 Å². The van der Waals surface area contributed by atoms with Gasteiger partial charge in [-0.15, -0.1) is 0 Å². The largest absolute Gasteiger partial charge is 0.534 e. The fraction of sp³-hybridized carbons (Fsp3) is 0.192. The summed E-state index contributed by atoms with van der Waals surface area (Å²) in [5.74, 6) is 0.807. The van der Waals surface area contributed by atoms with Gasteiger partial charge in [-0.25, -0.2) is 0 Å². The molecule has 148 valence electrons. The average molecular weight is 401 g/mol. The first-order valence-electron chi connectivity index (χ1n) is 9.91. The summed E-state index contributed by atoms with van der Waals surface area (Å²) >= 11 is 0. The molecule has 0 N–H and O–H groups in total. The molecule has 0 aliphatic rings. The molecule has 3 aromatic carbocycles. The van der Waals surface area contributed by atoms with E-state index in [4.69, 9.17) is 4.43 Å². The molecular formula is C26H28O2Si. The Balaban J connectivity index is 2.15. The molecule has 0 unspecified atom stereocenters. The minimum absolute atomic E-state index is 0.00704. The summed E-state index contributed by atoms with van der Waals surface area (Å²) in [6, 6.07) is 29.0. The van der Waals surface area contributed by atoms with Crippen LogP contribution in [0.4, 0.5) is 0 Å². The minimum Gasteiger partial charge on any atom is -0.534 e. The first kappa shape index (κ1) is 20.8. The van der Waals surface area contributed by atoms with E-state index >= 15 is 0 Å². The minimum atomic E-state index is -2.67. The fourth-order valence-electron chi connectivity index (χ4n) is 3.82. The Hall–Kier alpha value is -2.91. The van der Waals surface area contributed by atoms with Crippen molar-refractivity contribution in [3.8, 4) is 5.75 Å². The Morgan fingerprint density at radius 1 is 0.897 bits per heavy atom. The number of carbonyl (C=O) groups excluding carboxylic acids is 1. The van der Waals surface area contributed by atoms with Gasteiger partial charge in [0.05, 0.1) is 0 Å². The molecule has 3 rings (SSSR count). The van der Waals surface area contributed by atoms with Crippen LogP contribution in [0.15, 0.2) is 97.6 Å². The Morgan fingerprint density at radius 2 is 1.45 bits per heavy atom. The van der Waals surface area contributed by atoms with E-state index in [2.05, 4.69) is 75.9 Å². The van der Waals surface area contributed by atoms with Crippen molar-refractivity contribution in [2.24, 2.45) is 0 Å². The molecule has 0 heterocycles. The van der Waals surface area contributed by atoms with Crippen LogP contribution in [0.3, 0.4) is 0 Å². The standard InChI is InChI=1S/C26H28O2Si/c1-5-22(27)19-21-13-12-14-23(20-21)28-29(26(2,3)4,24-15-8-6-9-16-24)25-17-10-7-11-18-25/h5-18,20H,1,19H2,2-4H3. The van der Waals surface area contributed by atoms with Crippen molar-refractivity contribution in [1.82, 2.24) is 0 Å². The van der Waals surface area contributed by atoms with E-state index in [-0.39, 0.29) is 10.8 Å². The molecule has 0 aromatic heterocycles. The molecule has 3 heteroatoms. The maximum absolute atomic E-state index is 11.8. The zero-order valence-electron chi connectivity index (χ0n) is 17.4. The summed E-state index contributed by atoms with van der Waals surface area (Å²) in [6.07, 6.45) is 1.71. The van der Waals surface area contributed by atoms with Crippen LogP contribution in [0.5, 0.6) is 5.75 Å². The first-order valence-corrected chi connectivity index (χ1v) is 11.8. The Labute approximate surface area is 175 Å². The molecule has 0 aliphatic heterocycles. The summed E-state index contributed by atoms with van der Waals surface area (Å²) in [4.78, 5) is 11.8. The predicted molar refractivity (Wildman–Crippen MR) is 124 cm³/mol. The number of benzene rings is 3. The normalized spacial score (nSPS) is 11.7. The van der Waals surface area contributed by atoms with E-state index < -0.39 is 8.32 Å². The van der Waals surface area contributed by atoms with Gasteiger partial charge in [0, 0.05) is 6.42 Å². The molecule has 0 atom stereocenters. The van der Waals surface area contributed by atoms with Crippen LogP contribution in [-0.4, -0.2) is 14.1 Å². The summed E-state index contributed by atoms with van der Waals surface area (Å²) < 4.78 is 7.00. The molecule has 3 aromatic rings. The van der Waals surface area contributed by atoms with E-state index in [0.29, 0.717) is 6.42 Å². The molecule has 0 spiro atoms. The van der Waals surface area contributed by atoms with Crippen LogP contribution in [-0.2, 0) is 11.2 Å². The monoisotopic (exact) mass is 400 g/mol. The highest BCUT2D eigenvalue weighted by molar-refractivity contribution is 7.00. The number of carbonyl (C=O) groups is 1. The van der Waals surface area contributed by atoms with E-state index in [1.165, 1.54) is 16.4 Å². The van der Waals surface area contributed by atoms with Gasteiger partial charge >= 0.3 is 8.32 Å². The smallest absolute Gasteiger partial charge is 0.319 e. The lowest BCUT2D eigenvalue weighted by molar-refractivity contribution is -0.114. The number of rotatable bonds is 7. The van der Waals surface area contributed by atoms with Gasteiger partial charge in [0.15, 0.2) is 5.78 Å². The summed E-state index contributed by atoms with van der Waals surface area (Å²) in [7, 11) is -2.67. The van der Waals surface area contributed by atoms with Crippen LogP contribution < -0.4 is 14.8 Å². The Morgan fingerprint density at radius 3 is 1.93 bits per heavy atom. The molecule has 2 nitrogen and oxygen atoms in total. The molecule has 0 amide bonds. The maximum atomic E-state index is 11.8. The lowest BCUT2D eigenvalue weighted by atomic mass is 10.1. The second kappa shape index (κ2) is 8.62. The van der Waals surface area contributed by atoms with Gasteiger partial charge in [-0.1, -0.05) is 100 Å². The molecule has 29 heavy (non-hydrogen) atoms. The third-order valence-corrected chi connectivity index (χ3v) is 10.1. The van der Waals surface area contributed by atoms with Crippen molar-refractivity contribution >= 4 is 24.5 Å². The summed E-state index contributed by atoms with van der Waals surface area (Å²) in [5.41, 5.74) is 0.935. The third kappa shape index (κ3) is 4.41. The number of hydrogen-bond donors (Lipinski definition) is 0. The van der Waals surface area contributed by atoms with Crippen molar-refractivity contribution in [2.75, 3.05) is 0 Å². The van der Waals surface area contributed by atoms with E-state index in [1.54, 1.807) is 0 Å². The van der Waals surface area contributed by atoms with E-state index in [0.717, 1.165) is 11.3 Å². The fourth-order valence-corrected chi connectivity index (χ4v) is 8.23. The SMILES string of the molecule is C=CC(=O)Cc1cccc(O[Si](c2ccccc2)(c2ccccc2)C(C)(C)C)c1. The number of ketones is 1. The second-order valence-corrected chi connectivity index (χ2v) is 12.5.